The topological polar surface area (TPSA) is 84.6 Å². The molecule has 1 heterocycles. The lowest BCUT2D eigenvalue weighted by molar-refractivity contribution is 0.199. The summed E-state index contributed by atoms with van der Waals surface area (Å²) < 4.78 is 10.9. The molecule has 2 aromatic rings. The van der Waals surface area contributed by atoms with Gasteiger partial charge in [-0.15, -0.1) is 0 Å². The van der Waals surface area contributed by atoms with Gasteiger partial charge in [0, 0.05) is 14.0 Å². The Morgan fingerprint density at radius 1 is 1.30 bits per heavy atom. The van der Waals surface area contributed by atoms with Crippen LogP contribution in [0.2, 0.25) is 0 Å². The van der Waals surface area contributed by atoms with E-state index in [2.05, 4.69) is 32.7 Å². The van der Waals surface area contributed by atoms with E-state index < -0.39 is 0 Å². The fourth-order valence-corrected chi connectivity index (χ4v) is 1.97. The summed E-state index contributed by atoms with van der Waals surface area (Å²) in [6.07, 6.45) is 0.950. The molecule has 124 valence electrons. The number of ether oxygens (including phenoxy) is 1. The Hall–Kier alpha value is -2.57. The van der Waals surface area contributed by atoms with Gasteiger partial charge in [0.15, 0.2) is 11.8 Å². The molecule has 0 fully saturated rings. The molecule has 1 atom stereocenters. The minimum Gasteiger partial charge on any atom is -0.489 e. The fourth-order valence-electron chi connectivity index (χ4n) is 1.97. The molecule has 2 N–H and O–H groups in total. The standard InChI is InChI=1S/C16H23N5O2/c1-4-13(22-14-8-6-5-7-9-14)10-18-16(17-3)19-11-15-20-12(2)23-21-15/h5-9,13H,4,10-11H2,1-3H3,(H2,17,18,19). The molecule has 1 unspecified atom stereocenters. The van der Waals surface area contributed by atoms with Crippen molar-refractivity contribution in [3.8, 4) is 5.75 Å². The first-order valence-electron chi connectivity index (χ1n) is 7.66. The van der Waals surface area contributed by atoms with Gasteiger partial charge < -0.3 is 19.9 Å². The van der Waals surface area contributed by atoms with Crippen LogP contribution in [0.5, 0.6) is 5.75 Å². The number of para-hydroxylation sites is 1. The molecule has 7 heteroatoms. The molecule has 7 nitrogen and oxygen atoms in total. The Morgan fingerprint density at radius 2 is 2.09 bits per heavy atom. The van der Waals surface area contributed by atoms with E-state index in [1.54, 1.807) is 14.0 Å². The molecule has 0 radical (unpaired) electrons. The van der Waals surface area contributed by atoms with E-state index >= 15 is 0 Å². The molecular formula is C16H23N5O2. The number of rotatable bonds is 7. The zero-order chi connectivity index (χ0) is 16.5. The van der Waals surface area contributed by atoms with Crippen LogP contribution in [-0.2, 0) is 6.54 Å². The van der Waals surface area contributed by atoms with Gasteiger partial charge in [0.25, 0.3) is 0 Å². The number of hydrogen-bond acceptors (Lipinski definition) is 5. The van der Waals surface area contributed by atoms with Gasteiger partial charge in [-0.2, -0.15) is 4.98 Å². The highest BCUT2D eigenvalue weighted by Crippen LogP contribution is 2.11. The largest absolute Gasteiger partial charge is 0.489 e. The molecule has 0 spiro atoms. The Bertz CT molecular complexity index is 612. The third-order valence-electron chi connectivity index (χ3n) is 3.21. The lowest BCUT2D eigenvalue weighted by atomic mass is 10.2. The minimum absolute atomic E-state index is 0.0587. The maximum absolute atomic E-state index is 5.94. The summed E-state index contributed by atoms with van der Waals surface area (Å²) in [5, 5.41) is 10.2. The summed E-state index contributed by atoms with van der Waals surface area (Å²) >= 11 is 0. The first-order chi connectivity index (χ1) is 11.2. The molecule has 0 aliphatic carbocycles. The highest BCUT2D eigenvalue weighted by molar-refractivity contribution is 5.79. The van der Waals surface area contributed by atoms with Gasteiger partial charge in [0.2, 0.25) is 5.89 Å². The summed E-state index contributed by atoms with van der Waals surface area (Å²) in [5.74, 6) is 2.68. The van der Waals surface area contributed by atoms with Crippen molar-refractivity contribution in [1.82, 2.24) is 20.8 Å². The summed E-state index contributed by atoms with van der Waals surface area (Å²) in [6, 6.07) is 9.80. The van der Waals surface area contributed by atoms with Gasteiger partial charge in [0.05, 0.1) is 13.1 Å². The zero-order valence-electron chi connectivity index (χ0n) is 13.7. The number of nitrogens with one attached hydrogen (secondary N) is 2. The van der Waals surface area contributed by atoms with Crippen LogP contribution in [0.3, 0.4) is 0 Å². The lowest BCUT2D eigenvalue weighted by Crippen LogP contribution is -2.42. The van der Waals surface area contributed by atoms with Gasteiger partial charge in [-0.1, -0.05) is 30.3 Å². The van der Waals surface area contributed by atoms with E-state index in [-0.39, 0.29) is 6.10 Å². The van der Waals surface area contributed by atoms with E-state index in [0.29, 0.717) is 30.8 Å². The summed E-state index contributed by atoms with van der Waals surface area (Å²) in [6.45, 7) is 4.95. The first-order valence-corrected chi connectivity index (χ1v) is 7.66. The highest BCUT2D eigenvalue weighted by atomic mass is 16.5. The van der Waals surface area contributed by atoms with Crippen molar-refractivity contribution in [3.63, 3.8) is 0 Å². The Morgan fingerprint density at radius 3 is 2.70 bits per heavy atom. The molecule has 1 aromatic carbocycles. The van der Waals surface area contributed by atoms with Gasteiger partial charge in [-0.05, 0) is 18.6 Å². The highest BCUT2D eigenvalue weighted by Gasteiger charge is 2.10. The third kappa shape index (κ3) is 5.61. The van der Waals surface area contributed by atoms with Crippen LogP contribution in [0.15, 0.2) is 39.8 Å². The SMILES string of the molecule is CCC(CNC(=NC)NCc1noc(C)n1)Oc1ccccc1. The number of nitrogens with zero attached hydrogens (tertiary/aromatic N) is 3. The van der Waals surface area contributed by atoms with Crippen molar-refractivity contribution in [2.75, 3.05) is 13.6 Å². The number of hydrogen-bond donors (Lipinski definition) is 2. The summed E-state index contributed by atoms with van der Waals surface area (Å²) in [7, 11) is 1.72. The van der Waals surface area contributed by atoms with Crippen LogP contribution in [-0.4, -0.2) is 35.8 Å². The normalized spacial score (nSPS) is 12.7. The molecular weight excluding hydrogens is 294 g/mol. The number of guanidine groups is 1. The summed E-state index contributed by atoms with van der Waals surface area (Å²) in [5.41, 5.74) is 0. The smallest absolute Gasteiger partial charge is 0.223 e. The quantitative estimate of drug-likeness (QED) is 0.599. The van der Waals surface area contributed by atoms with Gasteiger partial charge in [-0.25, -0.2) is 0 Å². The Balaban J connectivity index is 1.79. The van der Waals surface area contributed by atoms with Crippen LogP contribution in [0, 0.1) is 6.92 Å². The van der Waals surface area contributed by atoms with Crippen molar-refractivity contribution >= 4 is 5.96 Å². The maximum atomic E-state index is 5.94. The van der Waals surface area contributed by atoms with Crippen LogP contribution < -0.4 is 15.4 Å². The third-order valence-corrected chi connectivity index (χ3v) is 3.21. The van der Waals surface area contributed by atoms with Crippen LogP contribution in [0.1, 0.15) is 25.1 Å². The predicted molar refractivity (Wildman–Crippen MR) is 88.4 cm³/mol. The molecule has 23 heavy (non-hydrogen) atoms. The maximum Gasteiger partial charge on any atom is 0.223 e. The zero-order valence-corrected chi connectivity index (χ0v) is 13.7. The Labute approximate surface area is 136 Å². The minimum atomic E-state index is 0.0587. The van der Waals surface area contributed by atoms with Gasteiger partial charge in [0.1, 0.15) is 11.9 Å². The van der Waals surface area contributed by atoms with E-state index in [1.807, 2.05) is 30.3 Å². The van der Waals surface area contributed by atoms with Crippen LogP contribution in [0.25, 0.3) is 0 Å². The molecule has 1 aromatic heterocycles. The summed E-state index contributed by atoms with van der Waals surface area (Å²) in [4.78, 5) is 8.31. The van der Waals surface area contributed by atoms with Crippen molar-refractivity contribution in [2.45, 2.75) is 32.9 Å². The average molecular weight is 317 g/mol. The van der Waals surface area contributed by atoms with Crippen LogP contribution >= 0.6 is 0 Å². The second kappa shape index (κ2) is 8.77. The fraction of sp³-hybridized carbons (Fsp3) is 0.438. The Kier molecular flexibility index (Phi) is 6.40. The van der Waals surface area contributed by atoms with Gasteiger partial charge in [-0.3, -0.25) is 4.99 Å². The first kappa shape index (κ1) is 16.8. The average Bonchev–Trinajstić information content (AvgIpc) is 3.00. The molecule has 0 amide bonds. The van der Waals surface area contributed by atoms with Crippen molar-refractivity contribution in [2.24, 2.45) is 4.99 Å². The number of aryl methyl sites for hydroxylation is 1. The predicted octanol–water partition coefficient (Wildman–Crippen LogP) is 1.90. The van der Waals surface area contributed by atoms with Crippen molar-refractivity contribution in [3.05, 3.63) is 42.0 Å². The number of aromatic nitrogens is 2. The van der Waals surface area contributed by atoms with Crippen molar-refractivity contribution < 1.29 is 9.26 Å². The number of aliphatic imine (C=N–C) groups is 1. The molecule has 0 saturated carbocycles. The van der Waals surface area contributed by atoms with E-state index in [0.717, 1.165) is 12.2 Å². The molecule has 0 bridgehead atoms. The number of benzene rings is 1. The lowest BCUT2D eigenvalue weighted by Gasteiger charge is -2.19. The van der Waals surface area contributed by atoms with E-state index in [9.17, 15) is 0 Å². The second-order valence-electron chi connectivity index (χ2n) is 5.00. The van der Waals surface area contributed by atoms with E-state index in [4.69, 9.17) is 9.26 Å². The van der Waals surface area contributed by atoms with Crippen LogP contribution in [0.4, 0.5) is 0 Å². The molecule has 0 aliphatic heterocycles. The second-order valence-corrected chi connectivity index (χ2v) is 5.00. The molecule has 2 rings (SSSR count). The monoisotopic (exact) mass is 317 g/mol. The molecule has 0 aliphatic rings. The van der Waals surface area contributed by atoms with E-state index in [1.165, 1.54) is 0 Å². The molecule has 0 saturated heterocycles. The van der Waals surface area contributed by atoms with Crippen molar-refractivity contribution in [1.29, 1.82) is 0 Å². The van der Waals surface area contributed by atoms with Gasteiger partial charge >= 0.3 is 0 Å².